The smallest absolute Gasteiger partial charge is 0.328 e. The predicted molar refractivity (Wildman–Crippen MR) is 141 cm³/mol. The maximum absolute atomic E-state index is 12.7. The minimum absolute atomic E-state index is 0.00792. The highest BCUT2D eigenvalue weighted by atomic mass is 16.7. The number of aliphatic hydroxyl groups excluding tert-OH is 1. The number of hydrogen-bond acceptors (Lipinski definition) is 7. The van der Waals surface area contributed by atoms with Crippen LogP contribution in [0.5, 0.6) is 0 Å². The van der Waals surface area contributed by atoms with E-state index in [1.807, 2.05) is 19.9 Å². The molecule has 0 saturated carbocycles. The third kappa shape index (κ3) is 9.36. The highest BCUT2D eigenvalue weighted by Gasteiger charge is 2.54. The minimum Gasteiger partial charge on any atom is -0.481 e. The number of unbranched alkanes of at least 4 members (excludes halogenated alkanes) is 1. The van der Waals surface area contributed by atoms with Gasteiger partial charge in [0.25, 0.3) is 0 Å². The normalized spacial score (nSPS) is 30.5. The molecule has 0 aromatic carbocycles. The van der Waals surface area contributed by atoms with Crippen molar-refractivity contribution in [1.82, 2.24) is 0 Å². The molecule has 1 spiro atoms. The van der Waals surface area contributed by atoms with Gasteiger partial charge in [0.05, 0.1) is 25.6 Å². The lowest BCUT2D eigenvalue weighted by Gasteiger charge is -2.53. The van der Waals surface area contributed by atoms with E-state index in [1.165, 1.54) is 0 Å². The van der Waals surface area contributed by atoms with Gasteiger partial charge in [0, 0.05) is 18.9 Å². The lowest BCUT2D eigenvalue weighted by atomic mass is 9.78. The molecule has 9 heteroatoms. The molecule has 2 rings (SSSR count). The lowest BCUT2D eigenvalue weighted by molar-refractivity contribution is -0.344. The van der Waals surface area contributed by atoms with Crippen molar-refractivity contribution in [1.29, 1.82) is 0 Å². The topological polar surface area (TPSA) is 140 Å². The summed E-state index contributed by atoms with van der Waals surface area (Å²) < 4.78 is 19.3. The quantitative estimate of drug-likeness (QED) is 0.129. The van der Waals surface area contributed by atoms with E-state index in [9.17, 15) is 19.5 Å². The molecule has 0 aromatic rings. The van der Waals surface area contributed by atoms with E-state index in [0.717, 1.165) is 30.9 Å². The van der Waals surface area contributed by atoms with Crippen LogP contribution in [0.4, 0.5) is 0 Å². The molecule has 2 heterocycles. The van der Waals surface area contributed by atoms with Gasteiger partial charge in [-0.1, -0.05) is 44.1 Å². The van der Waals surface area contributed by atoms with E-state index in [-0.39, 0.29) is 25.6 Å². The molecule has 2 aliphatic heterocycles. The Morgan fingerprint density at radius 1 is 1.08 bits per heavy atom. The van der Waals surface area contributed by atoms with E-state index in [4.69, 9.17) is 24.4 Å². The number of hydrogen-bond donors (Lipinski definition) is 3. The van der Waals surface area contributed by atoms with Crippen LogP contribution in [-0.4, -0.2) is 63.4 Å². The number of aliphatic hydroxyl groups is 1. The predicted octanol–water partition coefficient (Wildman–Crippen LogP) is 4.93. The van der Waals surface area contributed by atoms with Crippen molar-refractivity contribution in [3.8, 4) is 0 Å². The van der Waals surface area contributed by atoms with Gasteiger partial charge in [0.2, 0.25) is 0 Å². The number of carbonyl (C=O) groups is 3. The van der Waals surface area contributed by atoms with Crippen LogP contribution in [-0.2, 0) is 28.6 Å². The molecule has 214 valence electrons. The van der Waals surface area contributed by atoms with Crippen LogP contribution in [0, 0.1) is 5.92 Å². The van der Waals surface area contributed by atoms with Gasteiger partial charge in [-0.2, -0.15) is 0 Å². The maximum atomic E-state index is 12.7. The van der Waals surface area contributed by atoms with Gasteiger partial charge in [-0.25, -0.2) is 4.79 Å². The van der Waals surface area contributed by atoms with Crippen molar-refractivity contribution in [3.63, 3.8) is 0 Å². The second-order valence-corrected chi connectivity index (χ2v) is 10.7. The average molecular weight is 537 g/mol. The molecule has 0 amide bonds. The van der Waals surface area contributed by atoms with Gasteiger partial charge in [0.1, 0.15) is 11.7 Å². The monoisotopic (exact) mass is 536 g/mol. The standard InChI is InChI=1S/C29H44O9/c1-5-6-14-28(38-27(35)12-11-25(31)32)16-17-29(37-24(28)10-8-20(2)18-26(33)34)15-13-22(4)23(36-29)9-7-21(3)19-30/h7-8,10,18,22-24,30H,5-6,9,11-17,19H2,1-4H3,(H,31,32)(H,33,34)/t22-,23+,24-,28+,29-/m0/s1. The van der Waals surface area contributed by atoms with E-state index in [1.54, 1.807) is 19.1 Å². The van der Waals surface area contributed by atoms with Crippen molar-refractivity contribution in [2.24, 2.45) is 5.92 Å². The molecule has 2 fully saturated rings. The zero-order valence-corrected chi connectivity index (χ0v) is 23.1. The molecule has 38 heavy (non-hydrogen) atoms. The summed E-state index contributed by atoms with van der Waals surface area (Å²) in [6.07, 6.45) is 10.4. The van der Waals surface area contributed by atoms with Crippen molar-refractivity contribution >= 4 is 17.9 Å². The molecular formula is C29H44O9. The Hall–Kier alpha value is -2.49. The summed E-state index contributed by atoms with van der Waals surface area (Å²) in [7, 11) is 0. The third-order valence-electron chi connectivity index (χ3n) is 7.42. The van der Waals surface area contributed by atoms with Crippen LogP contribution in [0.25, 0.3) is 0 Å². The zero-order chi connectivity index (χ0) is 28.3. The number of esters is 1. The van der Waals surface area contributed by atoms with E-state index in [2.05, 4.69) is 6.92 Å². The van der Waals surface area contributed by atoms with Gasteiger partial charge in [0.15, 0.2) is 5.79 Å². The Morgan fingerprint density at radius 2 is 1.82 bits per heavy atom. The highest BCUT2D eigenvalue weighted by molar-refractivity contribution is 5.81. The molecule has 2 aliphatic rings. The van der Waals surface area contributed by atoms with E-state index < -0.39 is 35.4 Å². The number of allylic oxidation sites excluding steroid dienone is 2. The molecule has 3 N–H and O–H groups in total. The molecule has 0 unspecified atom stereocenters. The fourth-order valence-electron chi connectivity index (χ4n) is 5.05. The summed E-state index contributed by atoms with van der Waals surface area (Å²) in [4.78, 5) is 34.9. The Bertz CT molecular complexity index is 921. The van der Waals surface area contributed by atoms with Crippen LogP contribution in [0.1, 0.15) is 91.9 Å². The number of rotatable bonds is 13. The van der Waals surface area contributed by atoms with Crippen LogP contribution in [0.15, 0.2) is 35.5 Å². The summed E-state index contributed by atoms with van der Waals surface area (Å²) in [5.41, 5.74) is 0.355. The minimum atomic E-state index is -1.07. The molecule has 2 saturated heterocycles. The Kier molecular flexibility index (Phi) is 12.2. The van der Waals surface area contributed by atoms with Gasteiger partial charge >= 0.3 is 17.9 Å². The third-order valence-corrected chi connectivity index (χ3v) is 7.42. The second-order valence-electron chi connectivity index (χ2n) is 10.7. The maximum Gasteiger partial charge on any atom is 0.328 e. The van der Waals surface area contributed by atoms with Crippen molar-refractivity contribution in [3.05, 3.63) is 35.5 Å². The van der Waals surface area contributed by atoms with Gasteiger partial charge < -0.3 is 29.5 Å². The highest BCUT2D eigenvalue weighted by Crippen LogP contribution is 2.48. The largest absolute Gasteiger partial charge is 0.481 e. The number of carboxylic acids is 2. The van der Waals surface area contributed by atoms with Crippen LogP contribution < -0.4 is 0 Å². The fraction of sp³-hybridized carbons (Fsp3) is 0.690. The van der Waals surface area contributed by atoms with E-state index >= 15 is 0 Å². The molecular weight excluding hydrogens is 492 g/mol. The van der Waals surface area contributed by atoms with Crippen LogP contribution in [0.2, 0.25) is 0 Å². The van der Waals surface area contributed by atoms with Crippen LogP contribution in [0.3, 0.4) is 0 Å². The summed E-state index contributed by atoms with van der Waals surface area (Å²) >= 11 is 0. The van der Waals surface area contributed by atoms with E-state index in [0.29, 0.717) is 43.6 Å². The second kappa shape index (κ2) is 14.6. The molecule has 0 radical (unpaired) electrons. The Balaban J connectivity index is 2.39. The summed E-state index contributed by atoms with van der Waals surface area (Å²) in [5, 5.41) is 27.5. The van der Waals surface area contributed by atoms with Gasteiger partial charge in [-0.15, -0.1) is 0 Å². The molecule has 5 atom stereocenters. The number of aliphatic carboxylic acids is 2. The lowest BCUT2D eigenvalue weighted by Crippen LogP contribution is -2.59. The molecule has 0 bridgehead atoms. The first-order chi connectivity index (χ1) is 17.9. The average Bonchev–Trinajstić information content (AvgIpc) is 2.86. The first-order valence-corrected chi connectivity index (χ1v) is 13.6. The van der Waals surface area contributed by atoms with Crippen molar-refractivity contribution in [2.45, 2.75) is 115 Å². The van der Waals surface area contributed by atoms with Crippen molar-refractivity contribution in [2.75, 3.05) is 6.61 Å². The summed E-state index contributed by atoms with van der Waals surface area (Å²) in [6.45, 7) is 7.70. The fourth-order valence-corrected chi connectivity index (χ4v) is 5.05. The van der Waals surface area contributed by atoms with Crippen LogP contribution >= 0.6 is 0 Å². The molecule has 0 aliphatic carbocycles. The number of carbonyl (C=O) groups excluding carboxylic acids is 1. The summed E-state index contributed by atoms with van der Waals surface area (Å²) in [6, 6.07) is 0. The Morgan fingerprint density at radius 3 is 2.45 bits per heavy atom. The zero-order valence-electron chi connectivity index (χ0n) is 23.1. The first kappa shape index (κ1) is 31.7. The first-order valence-electron chi connectivity index (χ1n) is 13.6. The summed E-state index contributed by atoms with van der Waals surface area (Å²) in [5.74, 6) is -3.33. The SMILES string of the molecule is CCCC[C@@]1(OC(=O)CCC(=O)O)CC[C@]2(CC[C@H](C)[C@@H](CC=C(C)CO)O2)O[C@H]1C=CC(C)=CC(=O)O. The molecule has 9 nitrogen and oxygen atoms in total. The molecule has 0 aromatic heterocycles. The number of carboxylic acid groups (broad SMARTS) is 2. The Labute approximate surface area is 225 Å². The van der Waals surface area contributed by atoms with Crippen molar-refractivity contribution < 1.29 is 43.9 Å². The number of ether oxygens (including phenoxy) is 3. The van der Waals surface area contributed by atoms with Gasteiger partial charge in [-0.05, 0) is 57.4 Å². The van der Waals surface area contributed by atoms with Gasteiger partial charge in [-0.3, -0.25) is 9.59 Å².